The van der Waals surface area contributed by atoms with E-state index >= 15 is 0 Å². The van der Waals surface area contributed by atoms with Crippen molar-refractivity contribution in [1.29, 1.82) is 0 Å². The number of nitrogens with zero attached hydrogens (tertiary/aromatic N) is 2. The maximum Gasteiger partial charge on any atom is 0.233 e. The molecule has 7 nitrogen and oxygen atoms in total. The normalized spacial score (nSPS) is 11.7. The number of methoxy groups -OCH3 is 2. The van der Waals surface area contributed by atoms with Gasteiger partial charge in [-0.05, 0) is 24.6 Å². The van der Waals surface area contributed by atoms with Crippen LogP contribution in [0.3, 0.4) is 0 Å². The molecule has 8 heteroatoms. The van der Waals surface area contributed by atoms with Gasteiger partial charge in [0, 0.05) is 12.1 Å². The SMILES string of the molecule is COc1ccc(CNC(=O)[C@H](C)Sc2n[nH]c(-c3ccccc3)n2)cc1OC. The third kappa shape index (κ3) is 4.83. The van der Waals surface area contributed by atoms with Crippen molar-refractivity contribution in [2.24, 2.45) is 0 Å². The highest BCUT2D eigenvalue weighted by molar-refractivity contribution is 8.00. The molecule has 1 heterocycles. The van der Waals surface area contributed by atoms with Crippen molar-refractivity contribution >= 4 is 17.7 Å². The first-order valence-corrected chi connectivity index (χ1v) is 9.61. The molecule has 0 bridgehead atoms. The molecule has 2 aromatic carbocycles. The molecular formula is C20H22N4O3S. The predicted octanol–water partition coefficient (Wildman–Crippen LogP) is 3.29. The van der Waals surface area contributed by atoms with Gasteiger partial charge in [0.25, 0.3) is 0 Å². The highest BCUT2D eigenvalue weighted by Crippen LogP contribution is 2.27. The number of carbonyl (C=O) groups excluding carboxylic acids is 1. The van der Waals surface area contributed by atoms with Crippen molar-refractivity contribution in [3.05, 3.63) is 54.1 Å². The van der Waals surface area contributed by atoms with Gasteiger partial charge in [0.1, 0.15) is 0 Å². The molecule has 2 N–H and O–H groups in total. The molecule has 0 fully saturated rings. The molecule has 146 valence electrons. The maximum absolute atomic E-state index is 12.4. The lowest BCUT2D eigenvalue weighted by Crippen LogP contribution is -2.30. The summed E-state index contributed by atoms with van der Waals surface area (Å²) < 4.78 is 10.5. The van der Waals surface area contributed by atoms with Crippen molar-refractivity contribution in [2.45, 2.75) is 23.9 Å². The van der Waals surface area contributed by atoms with Crippen molar-refractivity contribution in [2.75, 3.05) is 14.2 Å². The lowest BCUT2D eigenvalue weighted by Gasteiger charge is -2.12. The Morgan fingerprint density at radius 2 is 1.89 bits per heavy atom. The zero-order chi connectivity index (χ0) is 19.9. The molecule has 0 aliphatic heterocycles. The topological polar surface area (TPSA) is 89.1 Å². The van der Waals surface area contributed by atoms with Gasteiger partial charge in [-0.25, -0.2) is 4.98 Å². The second-order valence-corrected chi connectivity index (χ2v) is 7.31. The summed E-state index contributed by atoms with van der Waals surface area (Å²) in [4.78, 5) is 16.9. The van der Waals surface area contributed by atoms with E-state index in [1.54, 1.807) is 14.2 Å². The van der Waals surface area contributed by atoms with Crippen molar-refractivity contribution in [3.63, 3.8) is 0 Å². The summed E-state index contributed by atoms with van der Waals surface area (Å²) in [7, 11) is 3.17. The van der Waals surface area contributed by atoms with Crippen LogP contribution in [0.1, 0.15) is 12.5 Å². The quantitative estimate of drug-likeness (QED) is 0.566. The average Bonchev–Trinajstić information content (AvgIpc) is 3.20. The predicted molar refractivity (Wildman–Crippen MR) is 109 cm³/mol. The monoisotopic (exact) mass is 398 g/mol. The van der Waals surface area contributed by atoms with Crippen LogP contribution in [0.15, 0.2) is 53.7 Å². The summed E-state index contributed by atoms with van der Waals surface area (Å²) in [6.45, 7) is 2.22. The molecule has 1 aromatic heterocycles. The third-order valence-corrected chi connectivity index (χ3v) is 5.04. The molecule has 0 aliphatic carbocycles. The van der Waals surface area contributed by atoms with Crippen molar-refractivity contribution in [3.8, 4) is 22.9 Å². The van der Waals surface area contributed by atoms with Gasteiger partial charge in [0.05, 0.1) is 19.5 Å². The number of carbonyl (C=O) groups is 1. The van der Waals surface area contributed by atoms with Crippen LogP contribution in [0.2, 0.25) is 0 Å². The summed E-state index contributed by atoms with van der Waals surface area (Å²) in [5.41, 5.74) is 1.87. The molecule has 0 aliphatic rings. The van der Waals surface area contributed by atoms with Crippen LogP contribution in [0.4, 0.5) is 0 Å². The van der Waals surface area contributed by atoms with Crippen LogP contribution >= 0.6 is 11.8 Å². The Bertz CT molecular complexity index is 930. The fourth-order valence-corrected chi connectivity index (χ4v) is 3.31. The number of ether oxygens (including phenoxy) is 2. The minimum atomic E-state index is -0.334. The zero-order valence-corrected chi connectivity index (χ0v) is 16.7. The Morgan fingerprint density at radius 3 is 2.61 bits per heavy atom. The number of hydrogen-bond donors (Lipinski definition) is 2. The minimum absolute atomic E-state index is 0.0918. The highest BCUT2D eigenvalue weighted by Gasteiger charge is 2.17. The van der Waals surface area contributed by atoms with Gasteiger partial charge < -0.3 is 14.8 Å². The minimum Gasteiger partial charge on any atom is -0.493 e. The van der Waals surface area contributed by atoms with Gasteiger partial charge in [0.2, 0.25) is 11.1 Å². The molecule has 1 amide bonds. The van der Waals surface area contributed by atoms with Crippen LogP contribution in [0.25, 0.3) is 11.4 Å². The second-order valence-electron chi connectivity index (χ2n) is 6.00. The molecule has 3 aromatic rings. The molecule has 0 saturated carbocycles. The number of aromatic amines is 1. The zero-order valence-electron chi connectivity index (χ0n) is 15.9. The summed E-state index contributed by atoms with van der Waals surface area (Å²) in [6.07, 6.45) is 0. The van der Waals surface area contributed by atoms with E-state index in [1.807, 2.05) is 55.5 Å². The summed E-state index contributed by atoms with van der Waals surface area (Å²) in [5.74, 6) is 1.87. The molecule has 1 atom stereocenters. The summed E-state index contributed by atoms with van der Waals surface area (Å²) in [6, 6.07) is 15.3. The van der Waals surface area contributed by atoms with Gasteiger partial charge in [-0.1, -0.05) is 48.2 Å². The fraction of sp³-hybridized carbons (Fsp3) is 0.250. The van der Waals surface area contributed by atoms with Crippen molar-refractivity contribution < 1.29 is 14.3 Å². The molecule has 28 heavy (non-hydrogen) atoms. The van der Waals surface area contributed by atoms with E-state index in [2.05, 4.69) is 20.5 Å². The van der Waals surface area contributed by atoms with Gasteiger partial charge in [-0.15, -0.1) is 5.10 Å². The Hall–Kier alpha value is -3.00. The number of rotatable bonds is 8. The number of benzene rings is 2. The largest absolute Gasteiger partial charge is 0.493 e. The van der Waals surface area contributed by atoms with E-state index in [9.17, 15) is 4.79 Å². The van der Waals surface area contributed by atoms with Crippen LogP contribution < -0.4 is 14.8 Å². The molecule has 0 unspecified atom stereocenters. The lowest BCUT2D eigenvalue weighted by atomic mass is 10.2. The summed E-state index contributed by atoms with van der Waals surface area (Å²) in [5, 5.41) is 10.2. The lowest BCUT2D eigenvalue weighted by molar-refractivity contribution is -0.120. The van der Waals surface area contributed by atoms with Crippen molar-refractivity contribution in [1.82, 2.24) is 20.5 Å². The Morgan fingerprint density at radius 1 is 1.14 bits per heavy atom. The number of nitrogens with one attached hydrogen (secondary N) is 2. The van der Waals surface area contributed by atoms with E-state index < -0.39 is 0 Å². The molecule has 0 spiro atoms. The third-order valence-electron chi connectivity index (χ3n) is 4.08. The Kier molecular flexibility index (Phi) is 6.54. The van der Waals surface area contributed by atoms with Gasteiger partial charge in [-0.3, -0.25) is 9.89 Å². The van der Waals surface area contributed by atoms with Gasteiger partial charge >= 0.3 is 0 Å². The first kappa shape index (κ1) is 19.8. The first-order valence-electron chi connectivity index (χ1n) is 8.73. The molecular weight excluding hydrogens is 376 g/mol. The fourth-order valence-electron chi connectivity index (χ4n) is 2.56. The molecule has 3 rings (SSSR count). The standard InChI is InChI=1S/C20H22N4O3S/c1-13(28-20-22-18(23-24-20)15-7-5-4-6-8-15)19(25)21-12-14-9-10-16(26-2)17(11-14)27-3/h4-11,13H,12H2,1-3H3,(H,21,25)(H,22,23,24)/t13-/m0/s1. The van der Waals surface area contributed by atoms with Crippen LogP contribution in [0, 0.1) is 0 Å². The number of hydrogen-bond acceptors (Lipinski definition) is 6. The number of amides is 1. The highest BCUT2D eigenvalue weighted by atomic mass is 32.2. The van der Waals surface area contributed by atoms with E-state index in [0.717, 1.165) is 11.1 Å². The second kappa shape index (κ2) is 9.27. The number of thioether (sulfide) groups is 1. The smallest absolute Gasteiger partial charge is 0.233 e. The van der Waals surface area contributed by atoms with E-state index in [4.69, 9.17) is 9.47 Å². The first-order chi connectivity index (χ1) is 13.6. The molecule has 0 radical (unpaired) electrons. The van der Waals surface area contributed by atoms with Crippen LogP contribution in [-0.2, 0) is 11.3 Å². The van der Waals surface area contributed by atoms with Crippen LogP contribution in [0.5, 0.6) is 11.5 Å². The maximum atomic E-state index is 12.4. The summed E-state index contributed by atoms with van der Waals surface area (Å²) >= 11 is 1.31. The number of H-pyrrole nitrogens is 1. The van der Waals surface area contributed by atoms with E-state index in [0.29, 0.717) is 29.0 Å². The van der Waals surface area contributed by atoms with Crippen LogP contribution in [-0.4, -0.2) is 40.6 Å². The van der Waals surface area contributed by atoms with Gasteiger partial charge in [-0.2, -0.15) is 0 Å². The van der Waals surface area contributed by atoms with E-state index in [-0.39, 0.29) is 11.2 Å². The number of aromatic nitrogens is 3. The Balaban J connectivity index is 1.56. The average molecular weight is 398 g/mol. The van der Waals surface area contributed by atoms with E-state index in [1.165, 1.54) is 11.8 Å². The molecule has 0 saturated heterocycles. The van der Waals surface area contributed by atoms with Gasteiger partial charge in [0.15, 0.2) is 17.3 Å². The Labute approximate surface area is 167 Å².